The van der Waals surface area contributed by atoms with E-state index in [1.54, 1.807) is 0 Å². The molecule has 1 saturated carbocycles. The van der Waals surface area contributed by atoms with Gasteiger partial charge in [-0.05, 0) is 29.1 Å². The third-order valence-corrected chi connectivity index (χ3v) is 4.32. The minimum atomic E-state index is 0.596. The lowest BCUT2D eigenvalue weighted by Crippen LogP contribution is -2.52. The minimum Gasteiger partial charge on any atom is -0.0622 e. The van der Waals surface area contributed by atoms with E-state index in [0.29, 0.717) is 10.8 Å². The van der Waals surface area contributed by atoms with E-state index in [-0.39, 0.29) is 0 Å². The van der Waals surface area contributed by atoms with Crippen molar-refractivity contribution in [2.45, 2.75) is 48.0 Å². The molecule has 0 aromatic heterocycles. The van der Waals surface area contributed by atoms with Crippen molar-refractivity contribution in [2.75, 3.05) is 0 Å². The zero-order valence-corrected chi connectivity index (χ0v) is 8.86. The standard InChI is InChI=1S/C11H22/c1-8(2)11(6)7-10(4,5)9(11)3/h8-9H,7H2,1-6H3. The number of hydrogen-bond acceptors (Lipinski definition) is 0. The minimum absolute atomic E-state index is 0.596. The smallest absolute Gasteiger partial charge is 0.0267 e. The van der Waals surface area contributed by atoms with Gasteiger partial charge in [-0.3, -0.25) is 0 Å². The van der Waals surface area contributed by atoms with Crippen molar-refractivity contribution in [2.24, 2.45) is 22.7 Å². The molecule has 0 amide bonds. The quantitative estimate of drug-likeness (QED) is 0.540. The molecule has 0 aliphatic heterocycles. The maximum Gasteiger partial charge on any atom is -0.0267 e. The summed E-state index contributed by atoms with van der Waals surface area (Å²) in [6.07, 6.45) is 1.40. The highest BCUT2D eigenvalue weighted by atomic mass is 14.6. The van der Waals surface area contributed by atoms with Crippen LogP contribution in [0.4, 0.5) is 0 Å². The molecule has 1 aliphatic carbocycles. The number of hydrogen-bond donors (Lipinski definition) is 0. The summed E-state index contributed by atoms with van der Waals surface area (Å²) < 4.78 is 0. The van der Waals surface area contributed by atoms with Gasteiger partial charge in [0.1, 0.15) is 0 Å². The van der Waals surface area contributed by atoms with E-state index in [1.165, 1.54) is 6.42 Å². The van der Waals surface area contributed by atoms with Crippen LogP contribution in [-0.4, -0.2) is 0 Å². The topological polar surface area (TPSA) is 0 Å². The highest BCUT2D eigenvalue weighted by molar-refractivity contribution is 5.03. The first-order chi connectivity index (χ1) is 4.81. The molecule has 1 fully saturated rings. The molecule has 0 aromatic carbocycles. The van der Waals surface area contributed by atoms with Gasteiger partial charge in [-0.2, -0.15) is 0 Å². The molecular weight excluding hydrogens is 132 g/mol. The molecule has 1 rings (SSSR count). The summed E-state index contributed by atoms with van der Waals surface area (Å²) in [6.45, 7) is 14.3. The Hall–Kier alpha value is 0. The Morgan fingerprint density at radius 1 is 1.18 bits per heavy atom. The fraction of sp³-hybridized carbons (Fsp3) is 1.00. The SMILES string of the molecule is CC(C)C1(C)CC(C)(C)C1C. The van der Waals surface area contributed by atoms with E-state index in [0.717, 1.165) is 11.8 Å². The molecule has 0 aromatic rings. The Morgan fingerprint density at radius 3 is 1.73 bits per heavy atom. The zero-order valence-electron chi connectivity index (χ0n) is 8.86. The highest BCUT2D eigenvalue weighted by Crippen LogP contribution is 2.61. The lowest BCUT2D eigenvalue weighted by atomic mass is 9.45. The molecule has 1 aliphatic rings. The van der Waals surface area contributed by atoms with Crippen molar-refractivity contribution in [3.63, 3.8) is 0 Å². The van der Waals surface area contributed by atoms with Crippen molar-refractivity contribution in [1.29, 1.82) is 0 Å². The van der Waals surface area contributed by atoms with Crippen molar-refractivity contribution in [3.05, 3.63) is 0 Å². The van der Waals surface area contributed by atoms with E-state index < -0.39 is 0 Å². The first-order valence-electron chi connectivity index (χ1n) is 4.81. The van der Waals surface area contributed by atoms with E-state index in [1.807, 2.05) is 0 Å². The van der Waals surface area contributed by atoms with Crippen LogP contribution in [-0.2, 0) is 0 Å². The Labute approximate surface area is 71.4 Å². The highest BCUT2D eigenvalue weighted by Gasteiger charge is 2.53. The second-order valence-corrected chi connectivity index (χ2v) is 5.55. The van der Waals surface area contributed by atoms with Crippen LogP contribution >= 0.6 is 0 Å². The molecule has 66 valence electrons. The lowest BCUT2D eigenvalue weighted by molar-refractivity contribution is -0.112. The fourth-order valence-corrected chi connectivity index (χ4v) is 2.75. The van der Waals surface area contributed by atoms with E-state index in [4.69, 9.17) is 0 Å². The van der Waals surface area contributed by atoms with Gasteiger partial charge in [-0.25, -0.2) is 0 Å². The van der Waals surface area contributed by atoms with Gasteiger partial charge in [-0.1, -0.05) is 41.5 Å². The summed E-state index contributed by atoms with van der Waals surface area (Å²) in [5, 5.41) is 0. The van der Waals surface area contributed by atoms with Crippen LogP contribution in [0, 0.1) is 22.7 Å². The molecule has 0 N–H and O–H groups in total. The molecule has 0 heteroatoms. The summed E-state index contributed by atoms with van der Waals surface area (Å²) in [4.78, 5) is 0. The average Bonchev–Trinajstić information content (AvgIpc) is 1.86. The van der Waals surface area contributed by atoms with Crippen molar-refractivity contribution in [3.8, 4) is 0 Å². The zero-order chi connectivity index (χ0) is 8.86. The predicted octanol–water partition coefficient (Wildman–Crippen LogP) is 3.71. The fourth-order valence-electron chi connectivity index (χ4n) is 2.75. The molecule has 0 bridgehead atoms. The monoisotopic (exact) mass is 154 g/mol. The summed E-state index contributed by atoms with van der Waals surface area (Å²) in [6, 6.07) is 0. The van der Waals surface area contributed by atoms with Crippen LogP contribution in [0.3, 0.4) is 0 Å². The summed E-state index contributed by atoms with van der Waals surface area (Å²) in [5.74, 6) is 1.72. The van der Waals surface area contributed by atoms with Gasteiger partial charge in [0.05, 0.1) is 0 Å². The van der Waals surface area contributed by atoms with Crippen LogP contribution in [0.25, 0.3) is 0 Å². The van der Waals surface area contributed by atoms with Gasteiger partial charge in [0.25, 0.3) is 0 Å². The van der Waals surface area contributed by atoms with Crippen LogP contribution in [0.15, 0.2) is 0 Å². The van der Waals surface area contributed by atoms with Gasteiger partial charge >= 0.3 is 0 Å². The average molecular weight is 154 g/mol. The van der Waals surface area contributed by atoms with E-state index in [2.05, 4.69) is 41.5 Å². The van der Waals surface area contributed by atoms with Gasteiger partial charge in [0.2, 0.25) is 0 Å². The molecule has 2 atom stereocenters. The summed E-state index contributed by atoms with van der Waals surface area (Å²) in [5.41, 5.74) is 1.21. The van der Waals surface area contributed by atoms with Gasteiger partial charge in [-0.15, -0.1) is 0 Å². The summed E-state index contributed by atoms with van der Waals surface area (Å²) >= 11 is 0. The number of rotatable bonds is 1. The van der Waals surface area contributed by atoms with Gasteiger partial charge in [0.15, 0.2) is 0 Å². The third-order valence-electron chi connectivity index (χ3n) is 4.32. The van der Waals surface area contributed by atoms with Crippen LogP contribution < -0.4 is 0 Å². The molecule has 11 heavy (non-hydrogen) atoms. The Balaban J connectivity index is 2.69. The van der Waals surface area contributed by atoms with Gasteiger partial charge in [0, 0.05) is 0 Å². The molecule has 0 saturated heterocycles. The van der Waals surface area contributed by atoms with Crippen LogP contribution in [0.1, 0.15) is 48.0 Å². The Bertz CT molecular complexity index is 155. The van der Waals surface area contributed by atoms with Crippen LogP contribution in [0.5, 0.6) is 0 Å². The van der Waals surface area contributed by atoms with Crippen molar-refractivity contribution >= 4 is 0 Å². The second kappa shape index (κ2) is 2.24. The van der Waals surface area contributed by atoms with E-state index >= 15 is 0 Å². The summed E-state index contributed by atoms with van der Waals surface area (Å²) in [7, 11) is 0. The van der Waals surface area contributed by atoms with Crippen LogP contribution in [0.2, 0.25) is 0 Å². The molecular formula is C11H22. The predicted molar refractivity (Wildman–Crippen MR) is 50.5 cm³/mol. The largest absolute Gasteiger partial charge is 0.0622 e. The van der Waals surface area contributed by atoms with Crippen molar-refractivity contribution < 1.29 is 0 Å². The molecule has 0 heterocycles. The molecule has 0 radical (unpaired) electrons. The van der Waals surface area contributed by atoms with E-state index in [9.17, 15) is 0 Å². The lowest BCUT2D eigenvalue weighted by Gasteiger charge is -2.60. The second-order valence-electron chi connectivity index (χ2n) is 5.55. The maximum atomic E-state index is 2.44. The van der Waals surface area contributed by atoms with Gasteiger partial charge < -0.3 is 0 Å². The molecule has 2 unspecified atom stereocenters. The maximum absolute atomic E-state index is 2.44. The molecule has 0 spiro atoms. The first-order valence-corrected chi connectivity index (χ1v) is 4.81. The third kappa shape index (κ3) is 1.11. The first kappa shape index (κ1) is 9.09. The molecule has 0 nitrogen and oxygen atoms in total. The Kier molecular flexibility index (Phi) is 1.85. The Morgan fingerprint density at radius 2 is 1.64 bits per heavy atom. The van der Waals surface area contributed by atoms with Crippen molar-refractivity contribution in [1.82, 2.24) is 0 Å². The normalized spacial score (nSPS) is 42.3.